The fourth-order valence-electron chi connectivity index (χ4n) is 3.33. The van der Waals surface area contributed by atoms with E-state index in [0.717, 1.165) is 28.6 Å². The number of amides is 1. The highest BCUT2D eigenvalue weighted by Crippen LogP contribution is 2.34. The van der Waals surface area contributed by atoms with Gasteiger partial charge in [-0.15, -0.1) is 0 Å². The summed E-state index contributed by atoms with van der Waals surface area (Å²) in [5, 5.41) is -0.339. The Morgan fingerprint density at radius 3 is 2.28 bits per heavy atom. The molecule has 3 rings (SSSR count). The van der Waals surface area contributed by atoms with Gasteiger partial charge in [0.05, 0.1) is 10.6 Å². The summed E-state index contributed by atoms with van der Waals surface area (Å²) in [7, 11) is -4.32. The van der Waals surface area contributed by atoms with Crippen molar-refractivity contribution in [1.29, 1.82) is 0 Å². The maximum absolute atomic E-state index is 13.7. The van der Waals surface area contributed by atoms with Gasteiger partial charge in [0.15, 0.2) is 0 Å². The molecule has 1 heterocycles. The number of rotatable bonds is 5. The number of halogens is 6. The van der Waals surface area contributed by atoms with Crippen molar-refractivity contribution in [3.05, 3.63) is 64.2 Å². The lowest BCUT2D eigenvalue weighted by Gasteiger charge is -2.34. The molecule has 0 saturated carbocycles. The predicted octanol–water partition coefficient (Wildman–Crippen LogP) is 4.10. The molecule has 32 heavy (non-hydrogen) atoms. The van der Waals surface area contributed by atoms with Crippen molar-refractivity contribution in [3.8, 4) is 0 Å². The maximum Gasteiger partial charge on any atom is 0.416 e. The van der Waals surface area contributed by atoms with Crippen molar-refractivity contribution in [3.63, 3.8) is 0 Å². The topological polar surface area (TPSA) is 57.7 Å². The van der Waals surface area contributed by atoms with Crippen LogP contribution in [0.4, 0.5) is 22.0 Å². The minimum absolute atomic E-state index is 0.000275. The molecule has 0 unspecified atom stereocenters. The van der Waals surface area contributed by atoms with E-state index in [1.165, 1.54) is 4.90 Å². The Morgan fingerprint density at radius 2 is 1.66 bits per heavy atom. The van der Waals surface area contributed by atoms with Gasteiger partial charge in [0, 0.05) is 32.6 Å². The highest BCUT2D eigenvalue weighted by molar-refractivity contribution is 7.89. The summed E-state index contributed by atoms with van der Waals surface area (Å²) in [6.45, 7) is -0.287. The monoisotopic (exact) mass is 496 g/mol. The molecule has 0 spiro atoms. The lowest BCUT2D eigenvalue weighted by molar-refractivity contribution is -0.137. The van der Waals surface area contributed by atoms with E-state index in [4.69, 9.17) is 11.6 Å². The molecule has 0 atom stereocenters. The highest BCUT2D eigenvalue weighted by Gasteiger charge is 2.35. The van der Waals surface area contributed by atoms with Crippen molar-refractivity contribution in [1.82, 2.24) is 9.21 Å². The molecule has 5 nitrogen and oxygen atoms in total. The van der Waals surface area contributed by atoms with Gasteiger partial charge in [0.25, 0.3) is 0 Å². The van der Waals surface area contributed by atoms with E-state index in [9.17, 15) is 35.2 Å². The third-order valence-corrected chi connectivity index (χ3v) is 7.46. The molecular formula is C20H18ClF5N2O3S. The second kappa shape index (κ2) is 9.32. The summed E-state index contributed by atoms with van der Waals surface area (Å²) in [4.78, 5) is 13.1. The van der Waals surface area contributed by atoms with E-state index in [-0.39, 0.29) is 55.5 Å². The molecule has 1 aliphatic rings. The number of alkyl halides is 3. The second-order valence-electron chi connectivity index (χ2n) is 7.16. The van der Waals surface area contributed by atoms with Crippen LogP contribution < -0.4 is 0 Å². The van der Waals surface area contributed by atoms with E-state index in [2.05, 4.69) is 0 Å². The largest absolute Gasteiger partial charge is 0.416 e. The fraction of sp³-hybridized carbons (Fsp3) is 0.350. The predicted molar refractivity (Wildman–Crippen MR) is 106 cm³/mol. The van der Waals surface area contributed by atoms with Crippen LogP contribution in [-0.2, 0) is 27.4 Å². The number of piperazine rings is 1. The maximum atomic E-state index is 13.7. The number of hydrogen-bond acceptors (Lipinski definition) is 3. The van der Waals surface area contributed by atoms with Crippen LogP contribution in [0.1, 0.15) is 17.5 Å². The Kier molecular flexibility index (Phi) is 7.11. The number of carbonyl (C=O) groups is 1. The highest BCUT2D eigenvalue weighted by atomic mass is 35.5. The third kappa shape index (κ3) is 5.38. The molecule has 174 valence electrons. The zero-order chi connectivity index (χ0) is 23.7. The van der Waals surface area contributed by atoms with Gasteiger partial charge in [-0.1, -0.05) is 11.6 Å². The fourth-order valence-corrected chi connectivity index (χ4v) is 5.25. The summed E-state index contributed by atoms with van der Waals surface area (Å²) in [5.74, 6) is -1.63. The number of benzene rings is 2. The number of aryl methyl sites for hydroxylation is 1. The van der Waals surface area contributed by atoms with Crippen LogP contribution in [0, 0.1) is 11.6 Å². The molecular weight excluding hydrogens is 479 g/mol. The first-order chi connectivity index (χ1) is 14.9. The van der Waals surface area contributed by atoms with E-state index < -0.39 is 38.3 Å². The molecule has 2 aromatic carbocycles. The van der Waals surface area contributed by atoms with Gasteiger partial charge in [-0.2, -0.15) is 17.5 Å². The Bertz CT molecular complexity index is 1120. The lowest BCUT2D eigenvalue weighted by atomic mass is 10.1. The quantitative estimate of drug-likeness (QED) is 0.586. The molecule has 1 amide bonds. The summed E-state index contributed by atoms with van der Waals surface area (Å²) in [6.07, 6.45) is -4.87. The molecule has 12 heteroatoms. The molecule has 0 aromatic heterocycles. The van der Waals surface area contributed by atoms with Crippen LogP contribution in [0.5, 0.6) is 0 Å². The van der Waals surface area contributed by atoms with Crippen molar-refractivity contribution >= 4 is 27.5 Å². The minimum Gasteiger partial charge on any atom is -0.340 e. The average molecular weight is 497 g/mol. The Morgan fingerprint density at radius 1 is 1.00 bits per heavy atom. The molecule has 2 aromatic rings. The number of hydrogen-bond donors (Lipinski definition) is 0. The normalized spacial score (nSPS) is 15.8. The smallest absolute Gasteiger partial charge is 0.340 e. The van der Waals surface area contributed by atoms with Gasteiger partial charge in [-0.25, -0.2) is 17.2 Å². The van der Waals surface area contributed by atoms with Crippen LogP contribution in [0.25, 0.3) is 0 Å². The van der Waals surface area contributed by atoms with Gasteiger partial charge >= 0.3 is 6.18 Å². The van der Waals surface area contributed by atoms with Crippen molar-refractivity contribution in [2.75, 3.05) is 26.2 Å². The molecule has 0 bridgehead atoms. The van der Waals surface area contributed by atoms with Crippen molar-refractivity contribution in [2.24, 2.45) is 0 Å². The summed E-state index contributed by atoms with van der Waals surface area (Å²) in [5.41, 5.74) is -1.09. The number of nitrogens with zero attached hydrogens (tertiary/aromatic N) is 2. The van der Waals surface area contributed by atoms with E-state index >= 15 is 0 Å². The third-order valence-electron chi connectivity index (χ3n) is 5.08. The molecule has 1 saturated heterocycles. The first kappa shape index (κ1) is 24.4. The van der Waals surface area contributed by atoms with Crippen molar-refractivity contribution in [2.45, 2.75) is 23.9 Å². The van der Waals surface area contributed by atoms with Crippen molar-refractivity contribution < 1.29 is 35.2 Å². The Balaban J connectivity index is 1.65. The lowest BCUT2D eigenvalue weighted by Crippen LogP contribution is -2.50. The van der Waals surface area contributed by atoms with Gasteiger partial charge in [-0.3, -0.25) is 4.79 Å². The van der Waals surface area contributed by atoms with Crippen LogP contribution in [0.2, 0.25) is 5.02 Å². The molecule has 0 radical (unpaired) electrons. The SMILES string of the molecule is O=C(CCc1cc(F)ccc1F)N1CCN(S(=O)(=O)c2cc(C(F)(F)F)ccc2Cl)CC1. The minimum atomic E-state index is -4.74. The Labute approximate surface area is 186 Å². The van der Waals surface area contributed by atoms with E-state index in [1.54, 1.807) is 0 Å². The molecule has 0 N–H and O–H groups in total. The van der Waals surface area contributed by atoms with Gasteiger partial charge in [0.1, 0.15) is 16.5 Å². The first-order valence-electron chi connectivity index (χ1n) is 9.48. The zero-order valence-corrected chi connectivity index (χ0v) is 18.1. The molecule has 0 aliphatic carbocycles. The summed E-state index contributed by atoms with van der Waals surface area (Å²) >= 11 is 5.86. The standard InChI is InChI=1S/C20H18ClF5N2O3S/c21-16-4-2-14(20(24,25)26)12-18(16)32(30,31)28-9-7-27(8-10-28)19(29)6-1-13-11-15(22)3-5-17(13)23/h2-5,11-12H,1,6-10H2. The first-order valence-corrected chi connectivity index (χ1v) is 11.3. The van der Waals surface area contributed by atoms with Crippen LogP contribution in [0.3, 0.4) is 0 Å². The summed E-state index contributed by atoms with van der Waals surface area (Å²) < 4.78 is 92.5. The molecule has 1 fully saturated rings. The van der Waals surface area contributed by atoms with E-state index in [0.29, 0.717) is 12.1 Å². The average Bonchev–Trinajstić information content (AvgIpc) is 2.73. The number of carbonyl (C=O) groups excluding carboxylic acids is 1. The van der Waals surface area contributed by atoms with Crippen LogP contribution in [-0.4, -0.2) is 49.7 Å². The van der Waals surface area contributed by atoms with Gasteiger partial charge in [-0.05, 0) is 48.4 Å². The van der Waals surface area contributed by atoms with Crippen LogP contribution in [0.15, 0.2) is 41.3 Å². The number of sulfonamides is 1. The second-order valence-corrected chi connectivity index (χ2v) is 9.48. The van der Waals surface area contributed by atoms with E-state index in [1.807, 2.05) is 0 Å². The molecule has 1 aliphatic heterocycles. The van der Waals surface area contributed by atoms with Crippen LogP contribution >= 0.6 is 11.6 Å². The van der Waals surface area contributed by atoms with Gasteiger partial charge < -0.3 is 4.90 Å². The van der Waals surface area contributed by atoms with Gasteiger partial charge in [0.2, 0.25) is 15.9 Å². The Hall–Kier alpha value is -2.24. The zero-order valence-electron chi connectivity index (χ0n) is 16.5. The summed E-state index contributed by atoms with van der Waals surface area (Å²) in [6, 6.07) is 5.01.